The van der Waals surface area contributed by atoms with Crippen LogP contribution in [0.25, 0.3) is 0 Å². The van der Waals surface area contributed by atoms with Gasteiger partial charge in [0.1, 0.15) is 0 Å². The molecule has 2 rings (SSSR count). The molecule has 0 aromatic heterocycles. The highest BCUT2D eigenvalue weighted by Crippen LogP contribution is 2.26. The summed E-state index contributed by atoms with van der Waals surface area (Å²) in [7, 11) is 0. The molecule has 0 bridgehead atoms. The minimum absolute atomic E-state index is 0.0497. The van der Waals surface area contributed by atoms with Gasteiger partial charge in [-0.05, 0) is 39.0 Å². The molecular weight excluding hydrogens is 284 g/mol. The Balaban J connectivity index is 1.68. The lowest BCUT2D eigenvalue weighted by Crippen LogP contribution is -2.41. The van der Waals surface area contributed by atoms with Crippen LogP contribution in [0.2, 0.25) is 0 Å². The number of amides is 2. The van der Waals surface area contributed by atoms with Gasteiger partial charge in [-0.3, -0.25) is 14.4 Å². The lowest BCUT2D eigenvalue weighted by atomic mass is 10.1. The van der Waals surface area contributed by atoms with Crippen LogP contribution in [0.5, 0.6) is 0 Å². The highest BCUT2D eigenvalue weighted by molar-refractivity contribution is 5.81. The highest BCUT2D eigenvalue weighted by atomic mass is 16.4. The van der Waals surface area contributed by atoms with Gasteiger partial charge in [0.15, 0.2) is 0 Å². The van der Waals surface area contributed by atoms with Crippen molar-refractivity contribution in [3.05, 3.63) is 0 Å². The van der Waals surface area contributed by atoms with Gasteiger partial charge in [-0.25, -0.2) is 0 Å². The summed E-state index contributed by atoms with van der Waals surface area (Å²) in [4.78, 5) is 34.9. The van der Waals surface area contributed by atoms with E-state index in [-0.39, 0.29) is 42.2 Å². The van der Waals surface area contributed by atoms with Crippen molar-refractivity contribution in [2.24, 2.45) is 11.8 Å². The number of carboxylic acids is 1. The third-order valence-corrected chi connectivity index (χ3v) is 4.75. The third kappa shape index (κ3) is 4.71. The van der Waals surface area contributed by atoms with Crippen molar-refractivity contribution in [3.8, 4) is 0 Å². The standard InChI is InChI=1S/C16H26N2O4/c1-10(17-15(20)11-4-2-3-5-11)8-14(19)18-13-7-6-12(9-13)16(21)22/h10-13H,2-9H2,1H3,(H,17,20)(H,18,19)(H,21,22)/t10?,12-,13+/m1/s1. The summed E-state index contributed by atoms with van der Waals surface area (Å²) in [5.41, 5.74) is 0. The van der Waals surface area contributed by atoms with Crippen molar-refractivity contribution in [1.29, 1.82) is 0 Å². The molecule has 6 heteroatoms. The van der Waals surface area contributed by atoms with Crippen molar-refractivity contribution >= 4 is 17.8 Å². The van der Waals surface area contributed by atoms with Crippen LogP contribution < -0.4 is 10.6 Å². The van der Waals surface area contributed by atoms with Gasteiger partial charge in [-0.2, -0.15) is 0 Å². The van der Waals surface area contributed by atoms with Crippen LogP contribution in [-0.2, 0) is 14.4 Å². The fourth-order valence-corrected chi connectivity index (χ4v) is 3.50. The first-order chi connectivity index (χ1) is 10.5. The molecule has 3 N–H and O–H groups in total. The Hall–Kier alpha value is -1.59. The van der Waals surface area contributed by atoms with Crippen molar-refractivity contribution in [2.45, 2.75) is 70.4 Å². The summed E-state index contributed by atoms with van der Waals surface area (Å²) in [6.07, 6.45) is 6.20. The number of hydrogen-bond acceptors (Lipinski definition) is 3. The molecular formula is C16H26N2O4. The van der Waals surface area contributed by atoms with E-state index in [9.17, 15) is 14.4 Å². The molecule has 0 spiro atoms. The van der Waals surface area contributed by atoms with Gasteiger partial charge in [-0.15, -0.1) is 0 Å². The summed E-state index contributed by atoms with van der Waals surface area (Å²) in [6.45, 7) is 1.83. The van der Waals surface area contributed by atoms with Crippen LogP contribution in [0.4, 0.5) is 0 Å². The molecule has 0 radical (unpaired) electrons. The molecule has 2 amide bonds. The normalized spacial score (nSPS) is 26.6. The van der Waals surface area contributed by atoms with Gasteiger partial charge in [0.2, 0.25) is 11.8 Å². The van der Waals surface area contributed by atoms with Crippen LogP contribution >= 0.6 is 0 Å². The Kier molecular flexibility index (Phi) is 5.80. The maximum Gasteiger partial charge on any atom is 0.306 e. The Morgan fingerprint density at radius 2 is 1.77 bits per heavy atom. The first-order valence-electron chi connectivity index (χ1n) is 8.28. The maximum absolute atomic E-state index is 12.0. The largest absolute Gasteiger partial charge is 0.481 e. The molecule has 6 nitrogen and oxygen atoms in total. The molecule has 0 aromatic rings. The lowest BCUT2D eigenvalue weighted by molar-refractivity contribution is -0.141. The first kappa shape index (κ1) is 16.8. The lowest BCUT2D eigenvalue weighted by Gasteiger charge is -2.18. The summed E-state index contributed by atoms with van der Waals surface area (Å²) in [5.74, 6) is -1.07. The minimum atomic E-state index is -0.783. The summed E-state index contributed by atoms with van der Waals surface area (Å²) >= 11 is 0. The average Bonchev–Trinajstić information content (AvgIpc) is 3.08. The molecule has 2 fully saturated rings. The van der Waals surface area contributed by atoms with Crippen LogP contribution in [0.3, 0.4) is 0 Å². The minimum Gasteiger partial charge on any atom is -0.481 e. The number of carbonyl (C=O) groups is 3. The quantitative estimate of drug-likeness (QED) is 0.692. The molecule has 0 saturated heterocycles. The zero-order valence-electron chi connectivity index (χ0n) is 13.1. The van der Waals surface area contributed by atoms with E-state index in [0.717, 1.165) is 25.7 Å². The van der Waals surface area contributed by atoms with E-state index in [4.69, 9.17) is 5.11 Å². The zero-order chi connectivity index (χ0) is 16.1. The number of carboxylic acid groups (broad SMARTS) is 1. The fourth-order valence-electron chi connectivity index (χ4n) is 3.50. The van der Waals surface area contributed by atoms with E-state index < -0.39 is 5.97 Å². The van der Waals surface area contributed by atoms with Crippen molar-refractivity contribution in [3.63, 3.8) is 0 Å². The van der Waals surface area contributed by atoms with E-state index in [0.29, 0.717) is 19.3 Å². The van der Waals surface area contributed by atoms with E-state index >= 15 is 0 Å². The molecule has 0 aliphatic heterocycles. The molecule has 124 valence electrons. The Morgan fingerprint density at radius 1 is 1.09 bits per heavy atom. The van der Waals surface area contributed by atoms with Crippen LogP contribution in [0, 0.1) is 11.8 Å². The topological polar surface area (TPSA) is 95.5 Å². The van der Waals surface area contributed by atoms with Crippen LogP contribution in [0.15, 0.2) is 0 Å². The van der Waals surface area contributed by atoms with E-state index in [1.165, 1.54) is 0 Å². The zero-order valence-corrected chi connectivity index (χ0v) is 13.1. The molecule has 1 unspecified atom stereocenters. The second-order valence-corrected chi connectivity index (χ2v) is 6.71. The number of nitrogens with one attached hydrogen (secondary N) is 2. The van der Waals surface area contributed by atoms with Gasteiger partial charge in [-0.1, -0.05) is 12.8 Å². The summed E-state index contributed by atoms with van der Waals surface area (Å²) < 4.78 is 0. The van der Waals surface area contributed by atoms with Crippen molar-refractivity contribution in [2.75, 3.05) is 0 Å². The molecule has 2 aliphatic rings. The van der Waals surface area contributed by atoms with Gasteiger partial charge < -0.3 is 15.7 Å². The maximum atomic E-state index is 12.0. The van der Waals surface area contributed by atoms with Gasteiger partial charge >= 0.3 is 5.97 Å². The Bertz CT molecular complexity index is 432. The molecule has 3 atom stereocenters. The second-order valence-electron chi connectivity index (χ2n) is 6.71. The molecule has 0 heterocycles. The molecule has 22 heavy (non-hydrogen) atoms. The monoisotopic (exact) mass is 310 g/mol. The van der Waals surface area contributed by atoms with Crippen LogP contribution in [0.1, 0.15) is 58.3 Å². The van der Waals surface area contributed by atoms with E-state index in [1.807, 2.05) is 6.92 Å². The highest BCUT2D eigenvalue weighted by Gasteiger charge is 2.31. The number of aliphatic carboxylic acids is 1. The number of carbonyl (C=O) groups excluding carboxylic acids is 2. The fraction of sp³-hybridized carbons (Fsp3) is 0.812. The molecule has 2 saturated carbocycles. The van der Waals surface area contributed by atoms with Crippen molar-refractivity contribution < 1.29 is 19.5 Å². The Labute approximate surface area is 131 Å². The third-order valence-electron chi connectivity index (χ3n) is 4.75. The van der Waals surface area contributed by atoms with Crippen molar-refractivity contribution in [1.82, 2.24) is 10.6 Å². The Morgan fingerprint density at radius 3 is 2.36 bits per heavy atom. The van der Waals surface area contributed by atoms with Gasteiger partial charge in [0, 0.05) is 24.4 Å². The number of rotatable bonds is 6. The van der Waals surface area contributed by atoms with E-state index in [1.54, 1.807) is 0 Å². The summed E-state index contributed by atoms with van der Waals surface area (Å²) in [5, 5.41) is 14.7. The van der Waals surface area contributed by atoms with E-state index in [2.05, 4.69) is 10.6 Å². The smallest absolute Gasteiger partial charge is 0.306 e. The summed E-state index contributed by atoms with van der Waals surface area (Å²) in [6, 6.07) is -0.240. The van der Waals surface area contributed by atoms with Crippen LogP contribution in [-0.4, -0.2) is 35.0 Å². The second kappa shape index (κ2) is 7.61. The predicted molar refractivity (Wildman–Crippen MR) is 81.1 cm³/mol. The number of hydrogen-bond donors (Lipinski definition) is 3. The first-order valence-corrected chi connectivity index (χ1v) is 8.28. The van der Waals surface area contributed by atoms with Gasteiger partial charge in [0.05, 0.1) is 5.92 Å². The SMILES string of the molecule is CC(CC(=O)N[C@H]1CC[C@@H](C(=O)O)C1)NC(=O)C1CCCC1. The molecule has 2 aliphatic carbocycles. The predicted octanol–water partition coefficient (Wildman–Crippen LogP) is 1.44. The molecule has 0 aromatic carbocycles. The van der Waals surface area contributed by atoms with Gasteiger partial charge in [0.25, 0.3) is 0 Å². The average molecular weight is 310 g/mol.